The molecule has 1 rings (SSSR count). The maximum absolute atomic E-state index is 14.1. The van der Waals surface area contributed by atoms with E-state index in [-0.39, 0.29) is 25.9 Å². The highest BCUT2D eigenvalue weighted by molar-refractivity contribution is 5.96. The Balaban J connectivity index is 3.20. The summed E-state index contributed by atoms with van der Waals surface area (Å²) in [6, 6.07) is -1.66. The molecule has 0 heterocycles. The van der Waals surface area contributed by atoms with Crippen LogP contribution in [0.5, 0.6) is 0 Å². The third-order valence-electron chi connectivity index (χ3n) is 3.98. The van der Waals surface area contributed by atoms with E-state index >= 15 is 0 Å². The number of carbonyl (C=O) groups is 3. The molecule has 7 nitrogen and oxygen atoms in total. The van der Waals surface area contributed by atoms with Crippen LogP contribution >= 0.6 is 0 Å². The van der Waals surface area contributed by atoms with Crippen LogP contribution in [0, 0.1) is 23.3 Å². The van der Waals surface area contributed by atoms with Crippen molar-refractivity contribution in [2.24, 2.45) is 0 Å². The average Bonchev–Trinajstić information content (AvgIpc) is 2.66. The predicted molar refractivity (Wildman–Crippen MR) is 104 cm³/mol. The molecule has 0 fully saturated rings. The summed E-state index contributed by atoms with van der Waals surface area (Å²) in [6.45, 7) is 6.08. The number of ether oxygens (including phenoxy) is 2. The Labute approximate surface area is 190 Å². The molecule has 0 aliphatic carbocycles. The molecule has 2 amide bonds. The van der Waals surface area contributed by atoms with Crippen molar-refractivity contribution in [1.29, 1.82) is 0 Å². The highest BCUT2D eigenvalue weighted by Crippen LogP contribution is 2.38. The number of hydrogen-bond acceptors (Lipinski definition) is 5. The van der Waals surface area contributed by atoms with Crippen LogP contribution in [-0.4, -0.2) is 36.2 Å². The molecule has 0 saturated carbocycles. The molecule has 1 unspecified atom stereocenters. The normalized spacial score (nSPS) is 12.7. The van der Waals surface area contributed by atoms with Crippen molar-refractivity contribution < 1.29 is 54.6 Å². The minimum atomic E-state index is -5.76. The third-order valence-corrected chi connectivity index (χ3v) is 3.98. The van der Waals surface area contributed by atoms with Gasteiger partial charge in [0, 0.05) is 6.42 Å². The number of esters is 1. The summed E-state index contributed by atoms with van der Waals surface area (Å²) >= 11 is 0. The molecular formula is C20H23F7N2O5. The number of carbonyl (C=O) groups excluding carboxylic acids is 3. The fourth-order valence-electron chi connectivity index (χ4n) is 2.60. The van der Waals surface area contributed by atoms with E-state index in [0.29, 0.717) is 0 Å². The standard InChI is InChI=1S/C20H23F7N2O5/c1-5-33-10(30)8-6-7-9(28-18(32)34-19(2,3)4)17(31)29-16-14(23)12(21)11(20(25,26)27)13(22)15(16)24/h9H,5-8H2,1-4H3,(H,28,32)(H,29,31). The molecular weight excluding hydrogens is 481 g/mol. The van der Waals surface area contributed by atoms with E-state index in [1.807, 2.05) is 0 Å². The Bertz CT molecular complexity index is 900. The molecule has 0 aliphatic heterocycles. The molecule has 34 heavy (non-hydrogen) atoms. The van der Waals surface area contributed by atoms with Crippen LogP contribution in [0.2, 0.25) is 0 Å². The first kappa shape index (κ1) is 29.0. The molecule has 14 heteroatoms. The SMILES string of the molecule is CCOC(=O)CCCC(NC(=O)OC(C)(C)C)C(=O)Nc1c(F)c(F)c(C(F)(F)F)c(F)c1F. The van der Waals surface area contributed by atoms with Crippen molar-refractivity contribution in [3.05, 3.63) is 28.8 Å². The zero-order valence-corrected chi connectivity index (χ0v) is 18.6. The van der Waals surface area contributed by atoms with Crippen LogP contribution < -0.4 is 10.6 Å². The number of anilines is 1. The van der Waals surface area contributed by atoms with E-state index in [9.17, 15) is 45.1 Å². The summed E-state index contributed by atoms with van der Waals surface area (Å²) in [5, 5.41) is 3.51. The lowest BCUT2D eigenvalue weighted by Crippen LogP contribution is -2.46. The molecule has 0 radical (unpaired) electrons. The quantitative estimate of drug-likeness (QED) is 0.301. The molecule has 1 atom stereocenters. The fourth-order valence-corrected chi connectivity index (χ4v) is 2.60. The fraction of sp³-hybridized carbons (Fsp3) is 0.550. The van der Waals surface area contributed by atoms with Crippen LogP contribution in [-0.2, 0) is 25.2 Å². The Hall–Kier alpha value is -3.06. The number of halogens is 7. The van der Waals surface area contributed by atoms with Crippen molar-refractivity contribution in [2.75, 3.05) is 11.9 Å². The zero-order valence-electron chi connectivity index (χ0n) is 18.6. The van der Waals surface area contributed by atoms with Gasteiger partial charge < -0.3 is 20.1 Å². The molecule has 192 valence electrons. The molecule has 2 N–H and O–H groups in total. The van der Waals surface area contributed by atoms with Crippen LogP contribution in [0.4, 0.5) is 41.2 Å². The van der Waals surface area contributed by atoms with E-state index < -0.39 is 70.3 Å². The Kier molecular flexibility index (Phi) is 9.70. The van der Waals surface area contributed by atoms with Crippen LogP contribution in [0.25, 0.3) is 0 Å². The van der Waals surface area contributed by atoms with Gasteiger partial charge in [-0.25, -0.2) is 22.4 Å². The third kappa shape index (κ3) is 8.06. The first-order chi connectivity index (χ1) is 15.5. The van der Waals surface area contributed by atoms with Gasteiger partial charge >= 0.3 is 18.2 Å². The van der Waals surface area contributed by atoms with E-state index in [0.717, 1.165) is 0 Å². The second-order valence-corrected chi connectivity index (χ2v) is 7.89. The van der Waals surface area contributed by atoms with Gasteiger partial charge in [-0.15, -0.1) is 0 Å². The lowest BCUT2D eigenvalue weighted by atomic mass is 10.1. The summed E-state index contributed by atoms with van der Waals surface area (Å²) in [4.78, 5) is 36.0. The van der Waals surface area contributed by atoms with Crippen LogP contribution in [0.3, 0.4) is 0 Å². The van der Waals surface area contributed by atoms with Gasteiger partial charge in [-0.05, 0) is 40.5 Å². The summed E-state index contributed by atoms with van der Waals surface area (Å²) in [5.74, 6) is -12.6. The number of hydrogen-bond donors (Lipinski definition) is 2. The van der Waals surface area contributed by atoms with Crippen molar-refractivity contribution >= 4 is 23.7 Å². The van der Waals surface area contributed by atoms with Crippen molar-refractivity contribution in [1.82, 2.24) is 5.32 Å². The molecule has 0 spiro atoms. The lowest BCUT2D eigenvalue weighted by Gasteiger charge is -2.23. The minimum Gasteiger partial charge on any atom is -0.466 e. The number of alkyl halides is 3. The molecule has 0 aromatic heterocycles. The number of nitrogens with one attached hydrogen (secondary N) is 2. The number of amides is 2. The summed E-state index contributed by atoms with van der Waals surface area (Å²) in [6.07, 6.45) is -7.56. The van der Waals surface area contributed by atoms with Gasteiger partial charge in [0.05, 0.1) is 6.61 Å². The number of rotatable bonds is 8. The average molecular weight is 504 g/mol. The molecule has 0 bridgehead atoms. The van der Waals surface area contributed by atoms with Crippen molar-refractivity contribution in [2.45, 2.75) is 64.8 Å². The number of alkyl carbamates (subject to hydrolysis) is 1. The first-order valence-corrected chi connectivity index (χ1v) is 9.88. The zero-order chi connectivity index (χ0) is 26.4. The van der Waals surface area contributed by atoms with Gasteiger partial charge in [-0.1, -0.05) is 0 Å². The van der Waals surface area contributed by atoms with Gasteiger partial charge in [0.2, 0.25) is 5.91 Å². The van der Waals surface area contributed by atoms with Crippen LogP contribution in [0.15, 0.2) is 0 Å². The Morgan fingerprint density at radius 2 is 1.47 bits per heavy atom. The monoisotopic (exact) mass is 504 g/mol. The van der Waals surface area contributed by atoms with Gasteiger partial charge in [0.1, 0.15) is 22.9 Å². The molecule has 0 saturated heterocycles. The lowest BCUT2D eigenvalue weighted by molar-refractivity contribution is -0.144. The Morgan fingerprint density at radius 1 is 0.941 bits per heavy atom. The summed E-state index contributed by atoms with van der Waals surface area (Å²) in [5.41, 5.74) is -5.65. The maximum atomic E-state index is 14.1. The highest BCUT2D eigenvalue weighted by atomic mass is 19.4. The topological polar surface area (TPSA) is 93.7 Å². The minimum absolute atomic E-state index is 0.0719. The number of benzene rings is 1. The van der Waals surface area contributed by atoms with E-state index in [2.05, 4.69) is 5.32 Å². The van der Waals surface area contributed by atoms with Gasteiger partial charge in [0.25, 0.3) is 0 Å². The molecule has 1 aromatic rings. The van der Waals surface area contributed by atoms with Crippen LogP contribution in [0.1, 0.15) is 52.5 Å². The van der Waals surface area contributed by atoms with Crippen molar-refractivity contribution in [3.63, 3.8) is 0 Å². The van der Waals surface area contributed by atoms with E-state index in [1.54, 1.807) is 6.92 Å². The van der Waals surface area contributed by atoms with Gasteiger partial charge in [-0.2, -0.15) is 13.2 Å². The maximum Gasteiger partial charge on any atom is 0.422 e. The molecule has 1 aromatic carbocycles. The van der Waals surface area contributed by atoms with Crippen molar-refractivity contribution in [3.8, 4) is 0 Å². The van der Waals surface area contributed by atoms with E-state index in [1.165, 1.54) is 26.1 Å². The molecule has 0 aliphatic rings. The van der Waals surface area contributed by atoms with Gasteiger partial charge in [-0.3, -0.25) is 9.59 Å². The second-order valence-electron chi connectivity index (χ2n) is 7.89. The summed E-state index contributed by atoms with van der Waals surface area (Å²) < 4.78 is 104. The predicted octanol–water partition coefficient (Wildman–Crippen LogP) is 4.83. The largest absolute Gasteiger partial charge is 0.466 e. The Morgan fingerprint density at radius 3 is 1.91 bits per heavy atom. The van der Waals surface area contributed by atoms with Gasteiger partial charge in [0.15, 0.2) is 23.3 Å². The van der Waals surface area contributed by atoms with E-state index in [4.69, 9.17) is 9.47 Å². The smallest absolute Gasteiger partial charge is 0.422 e. The summed E-state index contributed by atoms with van der Waals surface area (Å²) in [7, 11) is 0. The second kappa shape index (κ2) is 11.4. The first-order valence-electron chi connectivity index (χ1n) is 9.88. The highest BCUT2D eigenvalue weighted by Gasteiger charge is 2.42.